The number of benzene rings is 3. The van der Waals surface area contributed by atoms with E-state index in [1.807, 2.05) is 48.5 Å². The van der Waals surface area contributed by atoms with E-state index in [-0.39, 0.29) is 5.92 Å². The Bertz CT molecular complexity index is 1080. The average Bonchev–Trinajstić information content (AvgIpc) is 3.26. The van der Waals surface area contributed by atoms with Gasteiger partial charge in [0.1, 0.15) is 12.9 Å². The molecule has 0 radical (unpaired) electrons. The van der Waals surface area contributed by atoms with Crippen LogP contribution in [-0.2, 0) is 4.74 Å². The van der Waals surface area contributed by atoms with Crippen LogP contribution in [0.15, 0.2) is 79.1 Å². The van der Waals surface area contributed by atoms with Gasteiger partial charge in [-0.2, -0.15) is 0 Å². The molecule has 3 aromatic carbocycles. The second-order valence-electron chi connectivity index (χ2n) is 6.41. The maximum absolute atomic E-state index is 12.6. The van der Waals surface area contributed by atoms with Crippen molar-refractivity contribution in [1.82, 2.24) is 9.55 Å². The van der Waals surface area contributed by atoms with E-state index in [4.69, 9.17) is 4.74 Å². The fourth-order valence-corrected chi connectivity index (χ4v) is 3.77. The van der Waals surface area contributed by atoms with Gasteiger partial charge in [-0.15, -0.1) is 0 Å². The largest absolute Gasteiger partial charge is 0.448 e. The van der Waals surface area contributed by atoms with Crippen molar-refractivity contribution in [2.24, 2.45) is 0 Å². The standard InChI is InChI=1S/C22H16N2O2/c25-22(24-14-23-20-11-5-6-12-21(20)24)26-13-19-17-9-3-1-7-15(17)16-8-2-4-10-18(16)19/h1-12,14,19H,13H2. The highest BCUT2D eigenvalue weighted by molar-refractivity contribution is 5.86. The molecule has 26 heavy (non-hydrogen) atoms. The minimum Gasteiger partial charge on any atom is -0.448 e. The van der Waals surface area contributed by atoms with Gasteiger partial charge in [0.2, 0.25) is 0 Å². The van der Waals surface area contributed by atoms with Gasteiger partial charge in [0.25, 0.3) is 0 Å². The smallest absolute Gasteiger partial charge is 0.419 e. The number of imidazole rings is 1. The van der Waals surface area contributed by atoms with Crippen LogP contribution >= 0.6 is 0 Å². The zero-order valence-corrected chi connectivity index (χ0v) is 14.0. The molecular formula is C22H16N2O2. The third kappa shape index (κ3) is 2.23. The van der Waals surface area contributed by atoms with E-state index in [1.165, 1.54) is 33.1 Å². The van der Waals surface area contributed by atoms with Crippen molar-refractivity contribution in [2.75, 3.05) is 6.61 Å². The highest BCUT2D eigenvalue weighted by atomic mass is 16.5. The fourth-order valence-electron chi connectivity index (χ4n) is 3.77. The highest BCUT2D eigenvalue weighted by Gasteiger charge is 2.29. The van der Waals surface area contributed by atoms with Gasteiger partial charge in [-0.1, -0.05) is 60.7 Å². The molecule has 0 N–H and O–H groups in total. The summed E-state index contributed by atoms with van der Waals surface area (Å²) in [5.41, 5.74) is 6.38. The molecule has 0 amide bonds. The molecule has 126 valence electrons. The van der Waals surface area contributed by atoms with E-state index in [0.717, 1.165) is 11.0 Å². The molecule has 0 saturated carbocycles. The number of carbonyl (C=O) groups excluding carboxylic acids is 1. The average molecular weight is 340 g/mol. The van der Waals surface area contributed by atoms with Gasteiger partial charge in [0.05, 0.1) is 11.0 Å². The van der Waals surface area contributed by atoms with Crippen LogP contribution in [0.5, 0.6) is 0 Å². The molecule has 0 fully saturated rings. The molecule has 0 bridgehead atoms. The lowest BCUT2D eigenvalue weighted by Crippen LogP contribution is -2.17. The number of ether oxygens (including phenoxy) is 1. The minimum absolute atomic E-state index is 0.0566. The van der Waals surface area contributed by atoms with E-state index in [0.29, 0.717) is 6.61 Å². The number of hydrogen-bond acceptors (Lipinski definition) is 3. The van der Waals surface area contributed by atoms with Crippen molar-refractivity contribution in [1.29, 1.82) is 0 Å². The molecule has 1 heterocycles. The zero-order chi connectivity index (χ0) is 17.5. The lowest BCUT2D eigenvalue weighted by atomic mass is 9.98. The van der Waals surface area contributed by atoms with E-state index in [1.54, 1.807) is 0 Å². The number of nitrogens with zero attached hydrogens (tertiary/aromatic N) is 2. The Balaban J connectivity index is 1.44. The fraction of sp³-hybridized carbons (Fsp3) is 0.0909. The first-order valence-corrected chi connectivity index (χ1v) is 8.60. The van der Waals surface area contributed by atoms with Gasteiger partial charge < -0.3 is 4.74 Å². The first kappa shape index (κ1) is 14.9. The lowest BCUT2D eigenvalue weighted by molar-refractivity contribution is 0.145. The summed E-state index contributed by atoms with van der Waals surface area (Å²) in [6.07, 6.45) is 1.12. The molecule has 0 aliphatic heterocycles. The van der Waals surface area contributed by atoms with Crippen LogP contribution in [0.4, 0.5) is 4.79 Å². The summed E-state index contributed by atoms with van der Waals surface area (Å²) in [6.45, 7) is 0.305. The number of fused-ring (bicyclic) bond motifs is 4. The van der Waals surface area contributed by atoms with Gasteiger partial charge in [-0.05, 0) is 34.4 Å². The molecule has 1 aliphatic carbocycles. The molecule has 0 spiro atoms. The van der Waals surface area contributed by atoms with Crippen molar-refractivity contribution in [3.8, 4) is 11.1 Å². The Morgan fingerprint density at radius 1 is 0.885 bits per heavy atom. The summed E-state index contributed by atoms with van der Waals surface area (Å²) in [7, 11) is 0. The summed E-state index contributed by atoms with van der Waals surface area (Å²) in [5, 5.41) is 0. The summed E-state index contributed by atoms with van der Waals surface area (Å²) >= 11 is 0. The van der Waals surface area contributed by atoms with E-state index >= 15 is 0 Å². The second-order valence-corrected chi connectivity index (χ2v) is 6.41. The zero-order valence-electron chi connectivity index (χ0n) is 14.0. The molecule has 1 aromatic heterocycles. The van der Waals surface area contributed by atoms with Gasteiger partial charge >= 0.3 is 6.09 Å². The molecule has 5 rings (SSSR count). The Kier molecular flexibility index (Phi) is 3.35. The van der Waals surface area contributed by atoms with Crippen LogP contribution in [0.25, 0.3) is 22.2 Å². The number of rotatable bonds is 2. The predicted molar refractivity (Wildman–Crippen MR) is 100 cm³/mol. The van der Waals surface area contributed by atoms with Crippen molar-refractivity contribution in [2.45, 2.75) is 5.92 Å². The van der Waals surface area contributed by atoms with Crippen molar-refractivity contribution in [3.05, 3.63) is 90.3 Å². The number of hydrogen-bond donors (Lipinski definition) is 0. The predicted octanol–water partition coefficient (Wildman–Crippen LogP) is 4.83. The first-order chi connectivity index (χ1) is 12.8. The molecule has 4 heteroatoms. The summed E-state index contributed by atoms with van der Waals surface area (Å²) in [4.78, 5) is 16.9. The van der Waals surface area contributed by atoms with Gasteiger partial charge in [0.15, 0.2) is 0 Å². The SMILES string of the molecule is O=C(OCC1c2ccccc2-c2ccccc21)n1cnc2ccccc21. The van der Waals surface area contributed by atoms with Gasteiger partial charge in [-0.25, -0.2) is 14.3 Å². The van der Waals surface area contributed by atoms with Crippen LogP contribution in [0.1, 0.15) is 17.0 Å². The monoisotopic (exact) mass is 340 g/mol. The maximum atomic E-state index is 12.6. The van der Waals surface area contributed by atoms with Gasteiger partial charge in [0, 0.05) is 5.92 Å². The second kappa shape index (κ2) is 5.85. The third-order valence-electron chi connectivity index (χ3n) is 4.99. The topological polar surface area (TPSA) is 44.1 Å². The molecule has 4 nitrogen and oxygen atoms in total. The van der Waals surface area contributed by atoms with Crippen molar-refractivity contribution < 1.29 is 9.53 Å². The number of carbonyl (C=O) groups is 1. The number of aromatic nitrogens is 2. The van der Waals surface area contributed by atoms with Crippen LogP contribution in [-0.4, -0.2) is 22.3 Å². The Hall–Kier alpha value is -3.40. The summed E-state index contributed by atoms with van der Waals surface area (Å²) in [6, 6.07) is 24.1. The van der Waals surface area contributed by atoms with Crippen molar-refractivity contribution in [3.63, 3.8) is 0 Å². The molecular weight excluding hydrogens is 324 g/mol. The van der Waals surface area contributed by atoms with Crippen LogP contribution in [0.3, 0.4) is 0 Å². The Morgan fingerprint density at radius 3 is 2.23 bits per heavy atom. The molecule has 0 unspecified atom stereocenters. The molecule has 4 aromatic rings. The van der Waals surface area contributed by atoms with E-state index < -0.39 is 6.09 Å². The maximum Gasteiger partial charge on any atom is 0.419 e. The van der Waals surface area contributed by atoms with Crippen molar-refractivity contribution >= 4 is 17.1 Å². The number of para-hydroxylation sites is 2. The molecule has 0 saturated heterocycles. The summed E-state index contributed by atoms with van der Waals surface area (Å²) < 4.78 is 7.14. The first-order valence-electron chi connectivity index (χ1n) is 8.60. The van der Waals surface area contributed by atoms with Crippen LogP contribution in [0, 0.1) is 0 Å². The van der Waals surface area contributed by atoms with Gasteiger partial charge in [-0.3, -0.25) is 0 Å². The third-order valence-corrected chi connectivity index (χ3v) is 4.99. The quantitative estimate of drug-likeness (QED) is 0.525. The minimum atomic E-state index is -0.402. The lowest BCUT2D eigenvalue weighted by Gasteiger charge is -2.14. The highest BCUT2D eigenvalue weighted by Crippen LogP contribution is 2.44. The van der Waals surface area contributed by atoms with Crippen LogP contribution in [0.2, 0.25) is 0 Å². The van der Waals surface area contributed by atoms with E-state index in [2.05, 4.69) is 29.2 Å². The van der Waals surface area contributed by atoms with E-state index in [9.17, 15) is 4.79 Å². The molecule has 0 atom stereocenters. The van der Waals surface area contributed by atoms with Crippen LogP contribution < -0.4 is 0 Å². The molecule has 1 aliphatic rings. The summed E-state index contributed by atoms with van der Waals surface area (Å²) in [5.74, 6) is 0.0566. The normalized spacial score (nSPS) is 12.8. The Morgan fingerprint density at radius 2 is 1.50 bits per heavy atom. The Labute approximate surface area is 150 Å².